The van der Waals surface area contributed by atoms with Gasteiger partial charge in [0.2, 0.25) is 0 Å². The van der Waals surface area contributed by atoms with Gasteiger partial charge in [-0.05, 0) is 45.2 Å². The SMILES string of the molecule is CC1(C)C(NCCCN2CCC(O)CC2)C2CCCOC21. The Morgan fingerprint density at radius 2 is 2.00 bits per heavy atom. The second-order valence-electron chi connectivity index (χ2n) is 7.78. The summed E-state index contributed by atoms with van der Waals surface area (Å²) in [4.78, 5) is 2.49. The number of aliphatic hydroxyl groups excluding tert-OH is 1. The standard InChI is InChI=1S/C17H32N2O2/c1-17(2)15(14-5-3-12-21-16(14)17)18-8-4-9-19-10-6-13(20)7-11-19/h13-16,18,20H,3-12H2,1-2H3. The molecule has 3 fully saturated rings. The van der Waals surface area contributed by atoms with Crippen LogP contribution < -0.4 is 5.32 Å². The fourth-order valence-electron chi connectivity index (χ4n) is 4.64. The highest BCUT2D eigenvalue weighted by Gasteiger charge is 2.57. The van der Waals surface area contributed by atoms with Gasteiger partial charge in [0.1, 0.15) is 0 Å². The third-order valence-corrected chi connectivity index (χ3v) is 5.90. The molecule has 2 aliphatic heterocycles. The van der Waals surface area contributed by atoms with Crippen LogP contribution in [0.2, 0.25) is 0 Å². The lowest BCUT2D eigenvalue weighted by molar-refractivity contribution is -0.192. The molecule has 1 aliphatic carbocycles. The zero-order chi connectivity index (χ0) is 14.9. The van der Waals surface area contributed by atoms with Crippen molar-refractivity contribution in [1.82, 2.24) is 10.2 Å². The summed E-state index contributed by atoms with van der Waals surface area (Å²) < 4.78 is 5.96. The van der Waals surface area contributed by atoms with Gasteiger partial charge in [-0.2, -0.15) is 0 Å². The van der Waals surface area contributed by atoms with Crippen LogP contribution in [-0.2, 0) is 4.74 Å². The molecule has 0 amide bonds. The fourth-order valence-corrected chi connectivity index (χ4v) is 4.64. The lowest BCUT2D eigenvalue weighted by Crippen LogP contribution is -2.69. The first-order chi connectivity index (χ1) is 10.1. The quantitative estimate of drug-likeness (QED) is 0.757. The number of likely N-dealkylation sites (tertiary alicyclic amines) is 1. The molecule has 4 heteroatoms. The van der Waals surface area contributed by atoms with Gasteiger partial charge in [0, 0.05) is 37.1 Å². The molecule has 3 aliphatic rings. The molecule has 0 aromatic carbocycles. The molecule has 3 rings (SSSR count). The molecule has 3 unspecified atom stereocenters. The summed E-state index contributed by atoms with van der Waals surface area (Å²) in [6.45, 7) is 10.1. The largest absolute Gasteiger partial charge is 0.393 e. The Bertz CT molecular complexity index is 340. The first kappa shape index (κ1) is 15.7. The van der Waals surface area contributed by atoms with E-state index in [0.29, 0.717) is 17.6 Å². The van der Waals surface area contributed by atoms with Gasteiger partial charge in [-0.1, -0.05) is 13.8 Å². The van der Waals surface area contributed by atoms with Crippen LogP contribution in [0.15, 0.2) is 0 Å². The predicted octanol–water partition coefficient (Wildman–Crippen LogP) is 1.63. The maximum Gasteiger partial charge on any atom is 0.0684 e. The van der Waals surface area contributed by atoms with Crippen molar-refractivity contribution in [2.45, 2.75) is 64.2 Å². The van der Waals surface area contributed by atoms with Gasteiger partial charge >= 0.3 is 0 Å². The topological polar surface area (TPSA) is 44.7 Å². The highest BCUT2D eigenvalue weighted by Crippen LogP contribution is 2.51. The Balaban J connectivity index is 1.36. The molecule has 1 saturated carbocycles. The van der Waals surface area contributed by atoms with Crippen molar-refractivity contribution < 1.29 is 9.84 Å². The lowest BCUT2D eigenvalue weighted by atomic mass is 9.55. The maximum atomic E-state index is 9.53. The minimum Gasteiger partial charge on any atom is -0.393 e. The second kappa shape index (κ2) is 6.53. The van der Waals surface area contributed by atoms with Crippen molar-refractivity contribution >= 4 is 0 Å². The van der Waals surface area contributed by atoms with Crippen molar-refractivity contribution in [3.8, 4) is 0 Å². The Morgan fingerprint density at radius 3 is 2.76 bits per heavy atom. The van der Waals surface area contributed by atoms with Gasteiger partial charge in [-0.3, -0.25) is 0 Å². The van der Waals surface area contributed by atoms with Crippen molar-refractivity contribution in [2.75, 3.05) is 32.8 Å². The maximum absolute atomic E-state index is 9.53. The summed E-state index contributed by atoms with van der Waals surface area (Å²) in [6.07, 6.45) is 6.09. The Kier molecular flexibility index (Phi) is 4.89. The molecule has 0 aromatic heterocycles. The van der Waals surface area contributed by atoms with E-state index in [9.17, 15) is 5.11 Å². The van der Waals surface area contributed by atoms with Crippen LogP contribution >= 0.6 is 0 Å². The Morgan fingerprint density at radius 1 is 1.24 bits per heavy atom. The van der Waals surface area contributed by atoms with E-state index < -0.39 is 0 Å². The normalized spacial score (nSPS) is 37.0. The summed E-state index contributed by atoms with van der Waals surface area (Å²) in [5.41, 5.74) is 0.292. The van der Waals surface area contributed by atoms with Crippen LogP contribution in [0.5, 0.6) is 0 Å². The zero-order valence-electron chi connectivity index (χ0n) is 13.7. The first-order valence-corrected chi connectivity index (χ1v) is 8.84. The highest BCUT2D eigenvalue weighted by molar-refractivity contribution is 5.10. The van der Waals surface area contributed by atoms with Crippen molar-refractivity contribution in [1.29, 1.82) is 0 Å². The summed E-state index contributed by atoms with van der Waals surface area (Å²) >= 11 is 0. The van der Waals surface area contributed by atoms with Crippen molar-refractivity contribution in [2.24, 2.45) is 11.3 Å². The summed E-state index contributed by atoms with van der Waals surface area (Å²) in [6, 6.07) is 0.631. The van der Waals surface area contributed by atoms with E-state index in [1.165, 1.54) is 19.3 Å². The number of fused-ring (bicyclic) bond motifs is 1. The summed E-state index contributed by atoms with van der Waals surface area (Å²) in [7, 11) is 0. The predicted molar refractivity (Wildman–Crippen MR) is 84.3 cm³/mol. The van der Waals surface area contributed by atoms with Crippen LogP contribution in [-0.4, -0.2) is 61.0 Å². The van der Waals surface area contributed by atoms with Crippen LogP contribution in [0.4, 0.5) is 0 Å². The first-order valence-electron chi connectivity index (χ1n) is 8.84. The number of nitrogens with zero attached hydrogens (tertiary/aromatic N) is 1. The van der Waals surface area contributed by atoms with E-state index in [-0.39, 0.29) is 6.10 Å². The molecular weight excluding hydrogens is 264 g/mol. The summed E-state index contributed by atoms with van der Waals surface area (Å²) in [5.74, 6) is 0.735. The van der Waals surface area contributed by atoms with Crippen LogP contribution in [0.25, 0.3) is 0 Å². The van der Waals surface area contributed by atoms with Crippen LogP contribution in [0.3, 0.4) is 0 Å². The number of ether oxygens (including phenoxy) is 1. The minimum absolute atomic E-state index is 0.0571. The third-order valence-electron chi connectivity index (χ3n) is 5.90. The van der Waals surface area contributed by atoms with E-state index in [1.54, 1.807) is 0 Å². The van der Waals surface area contributed by atoms with Crippen molar-refractivity contribution in [3.63, 3.8) is 0 Å². The molecule has 2 N–H and O–H groups in total. The van der Waals surface area contributed by atoms with E-state index in [4.69, 9.17) is 4.74 Å². The fraction of sp³-hybridized carbons (Fsp3) is 1.00. The monoisotopic (exact) mass is 296 g/mol. The van der Waals surface area contributed by atoms with Gasteiger partial charge in [0.05, 0.1) is 12.2 Å². The Labute approximate surface area is 129 Å². The molecular formula is C17H32N2O2. The number of hydrogen-bond acceptors (Lipinski definition) is 4. The van der Waals surface area contributed by atoms with Gasteiger partial charge in [-0.15, -0.1) is 0 Å². The second-order valence-corrected chi connectivity index (χ2v) is 7.78. The van der Waals surface area contributed by atoms with Gasteiger partial charge in [-0.25, -0.2) is 0 Å². The molecule has 3 atom stereocenters. The van der Waals surface area contributed by atoms with E-state index >= 15 is 0 Å². The summed E-state index contributed by atoms with van der Waals surface area (Å²) in [5, 5.41) is 13.3. The number of rotatable bonds is 5. The number of aliphatic hydroxyl groups is 1. The molecule has 0 bridgehead atoms. The van der Waals surface area contributed by atoms with E-state index in [2.05, 4.69) is 24.1 Å². The number of nitrogens with one attached hydrogen (secondary N) is 1. The lowest BCUT2D eigenvalue weighted by Gasteiger charge is -2.60. The van der Waals surface area contributed by atoms with Crippen LogP contribution in [0, 0.1) is 11.3 Å². The molecule has 0 radical (unpaired) electrons. The highest BCUT2D eigenvalue weighted by atomic mass is 16.5. The molecule has 2 heterocycles. The van der Waals surface area contributed by atoms with E-state index in [0.717, 1.165) is 51.5 Å². The number of piperidine rings is 1. The van der Waals surface area contributed by atoms with Crippen molar-refractivity contribution in [3.05, 3.63) is 0 Å². The zero-order valence-corrected chi connectivity index (χ0v) is 13.7. The number of hydrogen-bond donors (Lipinski definition) is 2. The average Bonchev–Trinajstić information content (AvgIpc) is 2.49. The molecule has 4 nitrogen and oxygen atoms in total. The molecule has 21 heavy (non-hydrogen) atoms. The van der Waals surface area contributed by atoms with Crippen LogP contribution in [0.1, 0.15) is 46.0 Å². The molecule has 0 spiro atoms. The van der Waals surface area contributed by atoms with Gasteiger partial charge in [0.25, 0.3) is 0 Å². The molecule has 2 saturated heterocycles. The molecule has 0 aromatic rings. The minimum atomic E-state index is -0.0571. The van der Waals surface area contributed by atoms with E-state index in [1.807, 2.05) is 0 Å². The Hall–Kier alpha value is -0.160. The smallest absolute Gasteiger partial charge is 0.0684 e. The molecule has 122 valence electrons. The third kappa shape index (κ3) is 3.29. The van der Waals surface area contributed by atoms with Gasteiger partial charge in [0.15, 0.2) is 0 Å². The average molecular weight is 296 g/mol. The van der Waals surface area contributed by atoms with Gasteiger partial charge < -0.3 is 20.1 Å².